The highest BCUT2D eigenvalue weighted by atomic mass is 16.6. The van der Waals surface area contributed by atoms with Gasteiger partial charge in [0.15, 0.2) is 23.0 Å². The Bertz CT molecular complexity index is 1230. The van der Waals surface area contributed by atoms with E-state index in [0.29, 0.717) is 37.9 Å². The van der Waals surface area contributed by atoms with Gasteiger partial charge in [0.05, 0.1) is 12.3 Å². The SMILES string of the molecule is CCOc1cc(CNc2ccc3c(c2)OCCO3)ccc1Oc1nnnn1-c1ccccc1. The van der Waals surface area contributed by atoms with Crippen LogP contribution in [-0.2, 0) is 6.54 Å². The average Bonchev–Trinajstić information content (AvgIpc) is 3.33. The summed E-state index contributed by atoms with van der Waals surface area (Å²) < 4.78 is 24.6. The van der Waals surface area contributed by atoms with Crippen LogP contribution in [-0.4, -0.2) is 40.0 Å². The van der Waals surface area contributed by atoms with Crippen molar-refractivity contribution in [1.82, 2.24) is 20.2 Å². The molecule has 0 aliphatic carbocycles. The minimum atomic E-state index is 0.254. The van der Waals surface area contributed by atoms with E-state index in [1.54, 1.807) is 0 Å². The molecule has 1 aliphatic rings. The van der Waals surface area contributed by atoms with Gasteiger partial charge < -0.3 is 24.3 Å². The maximum Gasteiger partial charge on any atom is 0.346 e. The standard InChI is InChI=1S/C24H23N5O4/c1-2-30-22-14-17(16-25-18-9-11-20-23(15-18)32-13-12-31-20)8-10-21(22)33-24-26-27-28-29(24)19-6-4-3-5-7-19/h3-11,14-15,25H,2,12-13,16H2,1H3. The van der Waals surface area contributed by atoms with Crippen molar-refractivity contribution in [2.75, 3.05) is 25.1 Å². The predicted molar refractivity (Wildman–Crippen MR) is 122 cm³/mol. The zero-order valence-electron chi connectivity index (χ0n) is 18.1. The minimum Gasteiger partial charge on any atom is -0.490 e. The summed E-state index contributed by atoms with van der Waals surface area (Å²) in [5, 5.41) is 15.2. The van der Waals surface area contributed by atoms with Crippen molar-refractivity contribution >= 4 is 5.69 Å². The van der Waals surface area contributed by atoms with E-state index < -0.39 is 0 Å². The van der Waals surface area contributed by atoms with Gasteiger partial charge in [-0.25, -0.2) is 0 Å². The third-order valence-corrected chi connectivity index (χ3v) is 4.99. The van der Waals surface area contributed by atoms with E-state index in [1.165, 1.54) is 4.68 Å². The molecular weight excluding hydrogens is 422 g/mol. The Kier molecular flexibility index (Phi) is 5.92. The molecule has 0 amide bonds. The number of nitrogens with one attached hydrogen (secondary N) is 1. The molecule has 3 aromatic carbocycles. The number of nitrogens with zero attached hydrogens (tertiary/aromatic N) is 4. The van der Waals surface area contributed by atoms with Crippen LogP contribution in [0.3, 0.4) is 0 Å². The summed E-state index contributed by atoms with van der Waals surface area (Å²) in [5.74, 6) is 2.67. The van der Waals surface area contributed by atoms with Gasteiger partial charge in [-0.05, 0) is 59.3 Å². The van der Waals surface area contributed by atoms with E-state index in [2.05, 4.69) is 20.8 Å². The largest absolute Gasteiger partial charge is 0.490 e. The molecule has 9 heteroatoms. The molecule has 9 nitrogen and oxygen atoms in total. The van der Waals surface area contributed by atoms with E-state index >= 15 is 0 Å². The van der Waals surface area contributed by atoms with Crippen LogP contribution in [0.4, 0.5) is 5.69 Å². The number of hydrogen-bond acceptors (Lipinski definition) is 8. The van der Waals surface area contributed by atoms with Crippen LogP contribution >= 0.6 is 0 Å². The molecule has 1 aliphatic heterocycles. The first kappa shape index (κ1) is 20.6. The van der Waals surface area contributed by atoms with Crippen LogP contribution in [0, 0.1) is 0 Å². The molecule has 1 N–H and O–H groups in total. The summed E-state index contributed by atoms with van der Waals surface area (Å²) >= 11 is 0. The molecule has 2 heterocycles. The van der Waals surface area contributed by atoms with Gasteiger partial charge in [0.25, 0.3) is 0 Å². The van der Waals surface area contributed by atoms with Crippen LogP contribution in [0.1, 0.15) is 12.5 Å². The first-order valence-corrected chi connectivity index (χ1v) is 10.7. The monoisotopic (exact) mass is 445 g/mol. The summed E-state index contributed by atoms with van der Waals surface area (Å²) in [6, 6.07) is 21.4. The molecule has 0 fully saturated rings. The van der Waals surface area contributed by atoms with Crippen LogP contribution in [0.2, 0.25) is 0 Å². The van der Waals surface area contributed by atoms with Gasteiger partial charge in [-0.3, -0.25) is 0 Å². The normalized spacial score (nSPS) is 12.3. The summed E-state index contributed by atoms with van der Waals surface area (Å²) in [6.45, 7) is 4.16. The Labute approximate surface area is 190 Å². The Morgan fingerprint density at radius 1 is 0.939 bits per heavy atom. The Morgan fingerprint density at radius 3 is 2.64 bits per heavy atom. The lowest BCUT2D eigenvalue weighted by Crippen LogP contribution is -2.15. The van der Waals surface area contributed by atoms with Crippen LogP contribution in [0.15, 0.2) is 66.7 Å². The molecule has 0 bridgehead atoms. The topological polar surface area (TPSA) is 92.6 Å². The second-order valence-corrected chi connectivity index (χ2v) is 7.24. The van der Waals surface area contributed by atoms with Crippen LogP contribution in [0.5, 0.6) is 29.0 Å². The summed E-state index contributed by atoms with van der Waals surface area (Å²) in [4.78, 5) is 0. The van der Waals surface area contributed by atoms with Crippen molar-refractivity contribution in [1.29, 1.82) is 0 Å². The molecule has 4 aromatic rings. The van der Waals surface area contributed by atoms with Crippen LogP contribution in [0.25, 0.3) is 5.69 Å². The summed E-state index contributed by atoms with van der Waals surface area (Å²) in [5.41, 5.74) is 2.78. The zero-order valence-corrected chi connectivity index (χ0v) is 18.1. The van der Waals surface area contributed by atoms with Crippen molar-refractivity contribution in [3.8, 4) is 34.7 Å². The van der Waals surface area contributed by atoms with Crippen molar-refractivity contribution in [3.05, 3.63) is 72.3 Å². The first-order chi connectivity index (χ1) is 16.3. The number of hydrogen-bond donors (Lipinski definition) is 1. The molecule has 1 aromatic heterocycles. The number of benzene rings is 3. The Hall–Kier alpha value is -4.27. The minimum absolute atomic E-state index is 0.254. The van der Waals surface area contributed by atoms with Crippen molar-refractivity contribution < 1.29 is 18.9 Å². The quantitative estimate of drug-likeness (QED) is 0.431. The fourth-order valence-electron chi connectivity index (χ4n) is 3.44. The molecule has 0 atom stereocenters. The average molecular weight is 445 g/mol. The maximum atomic E-state index is 6.02. The van der Waals surface area contributed by atoms with Gasteiger partial charge in [0, 0.05) is 18.3 Å². The van der Waals surface area contributed by atoms with E-state index in [1.807, 2.05) is 73.7 Å². The lowest BCUT2D eigenvalue weighted by atomic mass is 10.2. The van der Waals surface area contributed by atoms with Crippen molar-refractivity contribution in [3.63, 3.8) is 0 Å². The molecule has 5 rings (SSSR count). The molecule has 0 saturated heterocycles. The highest BCUT2D eigenvalue weighted by Crippen LogP contribution is 2.34. The third-order valence-electron chi connectivity index (χ3n) is 4.99. The van der Waals surface area contributed by atoms with Gasteiger partial charge >= 0.3 is 6.01 Å². The van der Waals surface area contributed by atoms with Gasteiger partial charge in [-0.15, -0.1) is 0 Å². The van der Waals surface area contributed by atoms with Gasteiger partial charge in [-0.1, -0.05) is 29.4 Å². The summed E-state index contributed by atoms with van der Waals surface area (Å²) in [6.07, 6.45) is 0. The lowest BCUT2D eigenvalue weighted by Gasteiger charge is -2.19. The number of aromatic nitrogens is 4. The fourth-order valence-corrected chi connectivity index (χ4v) is 3.44. The number of fused-ring (bicyclic) bond motifs is 1. The third kappa shape index (κ3) is 4.67. The molecular formula is C24H23N5O4. The van der Waals surface area contributed by atoms with E-state index in [4.69, 9.17) is 18.9 Å². The van der Waals surface area contributed by atoms with Gasteiger partial charge in [0.1, 0.15) is 13.2 Å². The first-order valence-electron chi connectivity index (χ1n) is 10.7. The molecule has 33 heavy (non-hydrogen) atoms. The summed E-state index contributed by atoms with van der Waals surface area (Å²) in [7, 11) is 0. The second-order valence-electron chi connectivity index (χ2n) is 7.24. The number of tetrazole rings is 1. The predicted octanol–water partition coefficient (Wildman–Crippen LogP) is 4.24. The van der Waals surface area contributed by atoms with Gasteiger partial charge in [0.2, 0.25) is 0 Å². The zero-order chi connectivity index (χ0) is 22.5. The smallest absolute Gasteiger partial charge is 0.346 e. The van der Waals surface area contributed by atoms with Crippen molar-refractivity contribution in [2.45, 2.75) is 13.5 Å². The second kappa shape index (κ2) is 9.47. The van der Waals surface area contributed by atoms with E-state index in [9.17, 15) is 0 Å². The highest BCUT2D eigenvalue weighted by Gasteiger charge is 2.15. The van der Waals surface area contributed by atoms with Crippen LogP contribution < -0.4 is 24.3 Å². The molecule has 0 spiro atoms. The fraction of sp³-hybridized carbons (Fsp3) is 0.208. The lowest BCUT2D eigenvalue weighted by molar-refractivity contribution is 0.171. The number of ether oxygens (including phenoxy) is 4. The van der Waals surface area contributed by atoms with E-state index in [-0.39, 0.29) is 6.01 Å². The molecule has 0 unspecified atom stereocenters. The van der Waals surface area contributed by atoms with Gasteiger partial charge in [-0.2, -0.15) is 4.68 Å². The Balaban J connectivity index is 1.32. The highest BCUT2D eigenvalue weighted by molar-refractivity contribution is 5.55. The maximum absolute atomic E-state index is 6.02. The number of anilines is 1. The molecule has 0 radical (unpaired) electrons. The Morgan fingerprint density at radius 2 is 1.79 bits per heavy atom. The number of rotatable bonds is 8. The molecule has 0 saturated carbocycles. The van der Waals surface area contributed by atoms with E-state index in [0.717, 1.165) is 28.4 Å². The molecule has 168 valence electrons. The number of para-hydroxylation sites is 1. The van der Waals surface area contributed by atoms with Crippen molar-refractivity contribution in [2.24, 2.45) is 0 Å².